The molecule has 0 radical (unpaired) electrons. The number of halogens is 1. The van der Waals surface area contributed by atoms with E-state index in [2.05, 4.69) is 38.0 Å². The Morgan fingerprint density at radius 2 is 1.89 bits per heavy atom. The first kappa shape index (κ1) is 18.2. The topological polar surface area (TPSA) is 46.1 Å². The smallest absolute Gasteiger partial charge is 0.233 e. The van der Waals surface area contributed by atoms with E-state index in [-0.39, 0.29) is 11.3 Å². The Balaban J connectivity index is 1.62. The molecule has 6 heteroatoms. The number of hydrogen-bond donors (Lipinski definition) is 0. The molecular formula is C21H18BrN3OS. The fraction of sp³-hybridized carbons (Fsp3) is 0.190. The maximum atomic E-state index is 12.5. The molecule has 3 heterocycles. The summed E-state index contributed by atoms with van der Waals surface area (Å²) in [6, 6.07) is 14.3. The van der Waals surface area contributed by atoms with Gasteiger partial charge in [0.25, 0.3) is 0 Å². The van der Waals surface area contributed by atoms with Gasteiger partial charge in [-0.3, -0.25) is 14.8 Å². The SMILES string of the molecule is O=C1CSC(c2cnccc2-c2ccc(Br)cc2)N1CCc1cccnc1. The molecule has 1 unspecified atom stereocenters. The quantitative estimate of drug-likeness (QED) is 0.576. The highest BCUT2D eigenvalue weighted by Crippen LogP contribution is 2.42. The zero-order valence-corrected chi connectivity index (χ0v) is 17.0. The molecule has 0 bridgehead atoms. The van der Waals surface area contributed by atoms with E-state index in [1.165, 1.54) is 0 Å². The molecule has 136 valence electrons. The minimum atomic E-state index is -0.0125. The first-order valence-electron chi connectivity index (χ1n) is 8.72. The number of amides is 1. The predicted molar refractivity (Wildman–Crippen MR) is 112 cm³/mol. The van der Waals surface area contributed by atoms with Crippen LogP contribution in [0.25, 0.3) is 11.1 Å². The molecule has 2 aromatic heterocycles. The fourth-order valence-corrected chi connectivity index (χ4v) is 4.75. The van der Waals surface area contributed by atoms with E-state index >= 15 is 0 Å². The lowest BCUT2D eigenvalue weighted by Crippen LogP contribution is -2.30. The van der Waals surface area contributed by atoms with Crippen LogP contribution in [0.3, 0.4) is 0 Å². The van der Waals surface area contributed by atoms with Crippen LogP contribution < -0.4 is 0 Å². The van der Waals surface area contributed by atoms with Crippen molar-refractivity contribution in [3.8, 4) is 11.1 Å². The van der Waals surface area contributed by atoms with Gasteiger partial charge in [-0.05, 0) is 47.4 Å². The molecule has 0 aliphatic carbocycles. The van der Waals surface area contributed by atoms with E-state index in [1.54, 1.807) is 18.0 Å². The van der Waals surface area contributed by atoms with Crippen LogP contribution in [0.1, 0.15) is 16.5 Å². The third-order valence-corrected chi connectivity index (χ3v) is 6.37. The molecule has 4 nitrogen and oxygen atoms in total. The van der Waals surface area contributed by atoms with Crippen LogP contribution in [0.5, 0.6) is 0 Å². The molecule has 1 atom stereocenters. The Morgan fingerprint density at radius 1 is 1.07 bits per heavy atom. The number of nitrogens with zero attached hydrogens (tertiary/aromatic N) is 3. The molecule has 3 aromatic rings. The van der Waals surface area contributed by atoms with Crippen LogP contribution in [-0.2, 0) is 11.2 Å². The Labute approximate surface area is 171 Å². The van der Waals surface area contributed by atoms with Crippen molar-refractivity contribution in [3.63, 3.8) is 0 Å². The third-order valence-electron chi connectivity index (χ3n) is 4.61. The maximum Gasteiger partial charge on any atom is 0.233 e. The second-order valence-electron chi connectivity index (χ2n) is 6.33. The van der Waals surface area contributed by atoms with Crippen molar-refractivity contribution in [3.05, 3.63) is 82.9 Å². The number of carbonyl (C=O) groups excluding carboxylic acids is 1. The highest BCUT2D eigenvalue weighted by molar-refractivity contribution is 9.10. The number of rotatable bonds is 5. The van der Waals surface area contributed by atoms with Crippen LogP contribution in [0.15, 0.2) is 71.7 Å². The molecular weight excluding hydrogens is 422 g/mol. The van der Waals surface area contributed by atoms with Crippen molar-refractivity contribution in [2.75, 3.05) is 12.3 Å². The van der Waals surface area contributed by atoms with E-state index in [9.17, 15) is 4.79 Å². The lowest BCUT2D eigenvalue weighted by Gasteiger charge is -2.26. The predicted octanol–water partition coefficient (Wildman–Crippen LogP) is 4.72. The molecule has 4 rings (SSSR count). The van der Waals surface area contributed by atoms with Gasteiger partial charge >= 0.3 is 0 Å². The van der Waals surface area contributed by atoms with Crippen molar-refractivity contribution < 1.29 is 4.79 Å². The number of aromatic nitrogens is 2. The van der Waals surface area contributed by atoms with E-state index in [0.29, 0.717) is 12.3 Å². The van der Waals surface area contributed by atoms with Gasteiger partial charge < -0.3 is 4.90 Å². The molecule has 1 saturated heterocycles. The number of pyridine rings is 2. The van der Waals surface area contributed by atoms with Crippen molar-refractivity contribution >= 4 is 33.6 Å². The molecule has 1 amide bonds. The Hall–Kier alpha value is -2.18. The van der Waals surface area contributed by atoms with Crippen LogP contribution >= 0.6 is 27.7 Å². The lowest BCUT2D eigenvalue weighted by molar-refractivity contribution is -0.128. The molecule has 0 spiro atoms. The van der Waals surface area contributed by atoms with Crippen molar-refractivity contribution in [1.29, 1.82) is 0 Å². The van der Waals surface area contributed by atoms with Crippen LogP contribution in [0.4, 0.5) is 0 Å². The molecule has 27 heavy (non-hydrogen) atoms. The number of hydrogen-bond acceptors (Lipinski definition) is 4. The minimum absolute atomic E-state index is 0.0125. The van der Waals surface area contributed by atoms with Gasteiger partial charge in [0.1, 0.15) is 5.37 Å². The first-order valence-corrected chi connectivity index (χ1v) is 10.6. The van der Waals surface area contributed by atoms with Gasteiger partial charge in [-0.25, -0.2) is 0 Å². The fourth-order valence-electron chi connectivity index (χ4n) is 3.24. The van der Waals surface area contributed by atoms with E-state index in [4.69, 9.17) is 0 Å². The van der Waals surface area contributed by atoms with Gasteiger partial charge in [-0.15, -0.1) is 11.8 Å². The summed E-state index contributed by atoms with van der Waals surface area (Å²) in [5.74, 6) is 0.686. The summed E-state index contributed by atoms with van der Waals surface area (Å²) in [4.78, 5) is 23.0. The van der Waals surface area contributed by atoms with E-state index in [1.807, 2.05) is 53.8 Å². The Bertz CT molecular complexity index is 934. The van der Waals surface area contributed by atoms with Gasteiger partial charge in [0.2, 0.25) is 5.91 Å². The summed E-state index contributed by atoms with van der Waals surface area (Å²) in [6.45, 7) is 0.677. The van der Waals surface area contributed by atoms with E-state index in [0.717, 1.165) is 33.1 Å². The van der Waals surface area contributed by atoms with Gasteiger partial charge in [0, 0.05) is 41.4 Å². The monoisotopic (exact) mass is 439 g/mol. The highest BCUT2D eigenvalue weighted by atomic mass is 79.9. The average Bonchev–Trinajstić information content (AvgIpc) is 3.08. The number of thioether (sulfide) groups is 1. The van der Waals surface area contributed by atoms with Gasteiger partial charge in [0.15, 0.2) is 0 Å². The third kappa shape index (κ3) is 4.06. The zero-order chi connectivity index (χ0) is 18.6. The summed E-state index contributed by atoms with van der Waals surface area (Å²) < 4.78 is 1.05. The lowest BCUT2D eigenvalue weighted by atomic mass is 10.0. The standard InChI is InChI=1S/C21H18BrN3OS/c22-17-5-3-16(4-6-17)18-7-10-24-13-19(18)21-25(20(26)14-27-21)11-8-15-2-1-9-23-12-15/h1-7,9-10,12-13,21H,8,11,14H2. The number of benzene rings is 1. The summed E-state index contributed by atoms with van der Waals surface area (Å²) in [7, 11) is 0. The largest absolute Gasteiger partial charge is 0.325 e. The summed E-state index contributed by atoms with van der Waals surface area (Å²) in [5, 5.41) is -0.0125. The summed E-state index contributed by atoms with van der Waals surface area (Å²) in [6.07, 6.45) is 8.13. The molecule has 1 aliphatic heterocycles. The summed E-state index contributed by atoms with van der Waals surface area (Å²) >= 11 is 5.16. The molecule has 1 fully saturated rings. The van der Waals surface area contributed by atoms with Crippen LogP contribution in [0.2, 0.25) is 0 Å². The van der Waals surface area contributed by atoms with Gasteiger partial charge in [-0.1, -0.05) is 34.1 Å². The van der Waals surface area contributed by atoms with Crippen LogP contribution in [-0.4, -0.2) is 33.1 Å². The van der Waals surface area contributed by atoms with E-state index < -0.39 is 0 Å². The molecule has 0 N–H and O–H groups in total. The zero-order valence-electron chi connectivity index (χ0n) is 14.6. The molecule has 1 aliphatic rings. The van der Waals surface area contributed by atoms with Crippen molar-refractivity contribution in [2.24, 2.45) is 0 Å². The Kier molecular flexibility index (Phi) is 5.55. The molecule has 1 aromatic carbocycles. The maximum absolute atomic E-state index is 12.5. The first-order chi connectivity index (χ1) is 13.2. The second kappa shape index (κ2) is 8.23. The van der Waals surface area contributed by atoms with Crippen LogP contribution in [0, 0.1) is 0 Å². The highest BCUT2D eigenvalue weighted by Gasteiger charge is 2.34. The average molecular weight is 440 g/mol. The number of carbonyl (C=O) groups is 1. The van der Waals surface area contributed by atoms with Crippen molar-refractivity contribution in [2.45, 2.75) is 11.8 Å². The second-order valence-corrected chi connectivity index (χ2v) is 8.32. The van der Waals surface area contributed by atoms with Gasteiger partial charge in [-0.2, -0.15) is 0 Å². The normalized spacial score (nSPS) is 16.7. The Morgan fingerprint density at radius 3 is 2.67 bits per heavy atom. The minimum Gasteiger partial charge on any atom is -0.325 e. The van der Waals surface area contributed by atoms with Crippen molar-refractivity contribution in [1.82, 2.24) is 14.9 Å². The molecule has 0 saturated carbocycles. The summed E-state index contributed by atoms with van der Waals surface area (Å²) in [5.41, 5.74) is 4.47. The van der Waals surface area contributed by atoms with Gasteiger partial charge in [0.05, 0.1) is 5.75 Å².